The van der Waals surface area contributed by atoms with E-state index in [0.717, 1.165) is 5.75 Å². The lowest BCUT2D eigenvalue weighted by atomic mass is 9.86. The van der Waals surface area contributed by atoms with E-state index in [1.54, 1.807) is 0 Å². The van der Waals surface area contributed by atoms with Crippen molar-refractivity contribution in [2.75, 3.05) is 0 Å². The molecule has 0 amide bonds. The van der Waals surface area contributed by atoms with Crippen LogP contribution in [0.5, 0.6) is 5.75 Å². The molecule has 0 aromatic heterocycles. The summed E-state index contributed by atoms with van der Waals surface area (Å²) in [7, 11) is 0. The Labute approximate surface area is 103 Å². The van der Waals surface area contributed by atoms with Gasteiger partial charge in [0.05, 0.1) is 0 Å². The van der Waals surface area contributed by atoms with E-state index in [2.05, 4.69) is 26.0 Å². The molecule has 2 aromatic rings. The SMILES string of the molecule is CC(C)([CH]Oc1ccccc1)c1ccccc1. The first-order valence-electron chi connectivity index (χ1n) is 5.80. The second-order valence-corrected chi connectivity index (χ2v) is 4.64. The predicted molar refractivity (Wildman–Crippen MR) is 70.8 cm³/mol. The van der Waals surface area contributed by atoms with E-state index < -0.39 is 0 Å². The standard InChI is InChI=1S/C16H17O/c1-16(2,14-9-5-3-6-10-14)13-17-15-11-7-4-8-12-15/h3-13H,1-2H3. The van der Waals surface area contributed by atoms with Gasteiger partial charge in [-0.2, -0.15) is 0 Å². The van der Waals surface area contributed by atoms with Crippen molar-refractivity contribution in [3.8, 4) is 5.75 Å². The summed E-state index contributed by atoms with van der Waals surface area (Å²) in [5.74, 6) is 0.872. The molecule has 17 heavy (non-hydrogen) atoms. The number of benzene rings is 2. The van der Waals surface area contributed by atoms with Gasteiger partial charge in [-0.3, -0.25) is 0 Å². The molecule has 2 rings (SSSR count). The van der Waals surface area contributed by atoms with Crippen molar-refractivity contribution in [1.82, 2.24) is 0 Å². The van der Waals surface area contributed by atoms with Crippen molar-refractivity contribution in [3.63, 3.8) is 0 Å². The van der Waals surface area contributed by atoms with Gasteiger partial charge in [0.1, 0.15) is 12.4 Å². The van der Waals surface area contributed by atoms with Gasteiger partial charge in [-0.15, -0.1) is 0 Å². The van der Waals surface area contributed by atoms with Gasteiger partial charge < -0.3 is 4.74 Å². The van der Waals surface area contributed by atoms with Crippen LogP contribution >= 0.6 is 0 Å². The van der Waals surface area contributed by atoms with Gasteiger partial charge in [-0.05, 0) is 17.7 Å². The van der Waals surface area contributed by atoms with E-state index in [1.807, 2.05) is 55.1 Å². The summed E-state index contributed by atoms with van der Waals surface area (Å²) in [5.41, 5.74) is 1.15. The molecule has 1 heteroatoms. The Morgan fingerprint density at radius 3 is 1.94 bits per heavy atom. The fourth-order valence-corrected chi connectivity index (χ4v) is 1.65. The lowest BCUT2D eigenvalue weighted by Crippen LogP contribution is -2.20. The molecule has 0 aliphatic heterocycles. The number of hydrogen-bond donors (Lipinski definition) is 0. The largest absolute Gasteiger partial charge is 0.486 e. The maximum atomic E-state index is 5.70. The van der Waals surface area contributed by atoms with Crippen LogP contribution in [0, 0.1) is 6.61 Å². The van der Waals surface area contributed by atoms with Crippen LogP contribution in [0.4, 0.5) is 0 Å². The number of para-hydroxylation sites is 1. The Morgan fingerprint density at radius 2 is 1.35 bits per heavy atom. The van der Waals surface area contributed by atoms with Crippen molar-refractivity contribution in [2.45, 2.75) is 19.3 Å². The normalized spacial score (nSPS) is 11.2. The van der Waals surface area contributed by atoms with Crippen molar-refractivity contribution in [2.24, 2.45) is 0 Å². The minimum absolute atomic E-state index is 0.100. The molecule has 0 aliphatic carbocycles. The van der Waals surface area contributed by atoms with E-state index in [4.69, 9.17) is 4.74 Å². The van der Waals surface area contributed by atoms with Crippen LogP contribution in [0.1, 0.15) is 19.4 Å². The Hall–Kier alpha value is -1.76. The summed E-state index contributed by atoms with van der Waals surface area (Å²) in [4.78, 5) is 0. The zero-order valence-corrected chi connectivity index (χ0v) is 10.3. The molecule has 87 valence electrons. The van der Waals surface area contributed by atoms with Crippen LogP contribution in [0.3, 0.4) is 0 Å². The second-order valence-electron chi connectivity index (χ2n) is 4.64. The Kier molecular flexibility index (Phi) is 3.48. The van der Waals surface area contributed by atoms with E-state index >= 15 is 0 Å². The molecule has 0 fully saturated rings. The van der Waals surface area contributed by atoms with Gasteiger partial charge in [-0.25, -0.2) is 0 Å². The average Bonchev–Trinajstić information content (AvgIpc) is 2.39. The Morgan fingerprint density at radius 1 is 0.824 bits per heavy atom. The highest BCUT2D eigenvalue weighted by atomic mass is 16.5. The van der Waals surface area contributed by atoms with Gasteiger partial charge >= 0.3 is 0 Å². The lowest BCUT2D eigenvalue weighted by molar-refractivity contribution is 0.324. The summed E-state index contributed by atoms with van der Waals surface area (Å²) < 4.78 is 5.70. The molecule has 0 saturated heterocycles. The molecule has 0 aliphatic rings. The van der Waals surface area contributed by atoms with Crippen LogP contribution in [-0.2, 0) is 5.41 Å². The highest BCUT2D eigenvalue weighted by molar-refractivity contribution is 5.28. The molecule has 2 aromatic carbocycles. The van der Waals surface area contributed by atoms with Crippen molar-refractivity contribution in [3.05, 3.63) is 72.8 Å². The van der Waals surface area contributed by atoms with E-state index in [-0.39, 0.29) is 5.41 Å². The minimum atomic E-state index is -0.100. The highest BCUT2D eigenvalue weighted by Gasteiger charge is 2.22. The predicted octanol–water partition coefficient (Wildman–Crippen LogP) is 4.20. The maximum absolute atomic E-state index is 5.70. The highest BCUT2D eigenvalue weighted by Crippen LogP contribution is 2.27. The van der Waals surface area contributed by atoms with Gasteiger partial charge in [0.25, 0.3) is 0 Å². The molecule has 0 unspecified atom stereocenters. The van der Waals surface area contributed by atoms with Crippen LogP contribution in [-0.4, -0.2) is 0 Å². The zero-order valence-electron chi connectivity index (χ0n) is 10.3. The second kappa shape index (κ2) is 5.05. The summed E-state index contributed by atoms with van der Waals surface area (Å²) in [6.45, 7) is 6.17. The maximum Gasteiger partial charge on any atom is 0.145 e. The lowest BCUT2D eigenvalue weighted by Gasteiger charge is -2.24. The van der Waals surface area contributed by atoms with Crippen LogP contribution in [0.2, 0.25) is 0 Å². The summed E-state index contributed by atoms with van der Waals surface area (Å²) in [6, 6.07) is 20.2. The van der Waals surface area contributed by atoms with Crippen LogP contribution < -0.4 is 4.74 Å². The van der Waals surface area contributed by atoms with E-state index in [9.17, 15) is 0 Å². The summed E-state index contributed by atoms with van der Waals surface area (Å²) in [5, 5.41) is 0. The fourth-order valence-electron chi connectivity index (χ4n) is 1.65. The monoisotopic (exact) mass is 225 g/mol. The molecule has 0 N–H and O–H groups in total. The molecule has 0 bridgehead atoms. The first-order valence-corrected chi connectivity index (χ1v) is 5.80. The number of ether oxygens (including phenoxy) is 1. The van der Waals surface area contributed by atoms with Crippen LogP contribution in [0.15, 0.2) is 60.7 Å². The van der Waals surface area contributed by atoms with E-state index in [1.165, 1.54) is 5.56 Å². The molecule has 0 atom stereocenters. The van der Waals surface area contributed by atoms with Crippen molar-refractivity contribution >= 4 is 0 Å². The van der Waals surface area contributed by atoms with Crippen molar-refractivity contribution < 1.29 is 4.74 Å². The third-order valence-electron chi connectivity index (χ3n) is 2.75. The topological polar surface area (TPSA) is 9.23 Å². The first-order chi connectivity index (χ1) is 8.18. The minimum Gasteiger partial charge on any atom is -0.486 e. The Bertz CT molecular complexity index is 445. The third kappa shape index (κ3) is 3.10. The van der Waals surface area contributed by atoms with Gasteiger partial charge in [0, 0.05) is 5.41 Å². The average molecular weight is 225 g/mol. The summed E-state index contributed by atoms with van der Waals surface area (Å²) in [6.07, 6.45) is 0. The molecular formula is C16H17O. The molecule has 0 spiro atoms. The quantitative estimate of drug-likeness (QED) is 0.757. The van der Waals surface area contributed by atoms with Gasteiger partial charge in [0.2, 0.25) is 0 Å². The van der Waals surface area contributed by atoms with Gasteiger partial charge in [-0.1, -0.05) is 62.4 Å². The molecular weight excluding hydrogens is 208 g/mol. The number of hydrogen-bond acceptors (Lipinski definition) is 1. The van der Waals surface area contributed by atoms with Crippen LogP contribution in [0.25, 0.3) is 0 Å². The smallest absolute Gasteiger partial charge is 0.145 e. The van der Waals surface area contributed by atoms with Gasteiger partial charge in [0.15, 0.2) is 0 Å². The molecule has 0 heterocycles. The van der Waals surface area contributed by atoms with Crippen molar-refractivity contribution in [1.29, 1.82) is 0 Å². The fraction of sp³-hybridized carbons (Fsp3) is 0.188. The number of rotatable bonds is 4. The molecule has 0 saturated carbocycles. The first kappa shape index (κ1) is 11.7. The molecule has 1 radical (unpaired) electrons. The molecule has 1 nitrogen and oxygen atoms in total. The Balaban J connectivity index is 2.03. The third-order valence-corrected chi connectivity index (χ3v) is 2.75. The van der Waals surface area contributed by atoms with E-state index in [0.29, 0.717) is 0 Å². The summed E-state index contributed by atoms with van der Waals surface area (Å²) >= 11 is 0. The zero-order chi connectivity index (χ0) is 12.1.